The number of carbonyl (C=O) groups is 1. The maximum atomic E-state index is 11.5. The molecule has 0 aliphatic rings. The molecule has 0 spiro atoms. The third kappa shape index (κ3) is 3.56. The van der Waals surface area contributed by atoms with Crippen LogP contribution in [-0.4, -0.2) is 32.6 Å². The number of ketones is 1. The number of methoxy groups -OCH3 is 1. The Hall–Kier alpha value is -3.22. The van der Waals surface area contributed by atoms with Crippen LogP contribution in [0.1, 0.15) is 34.5 Å². The van der Waals surface area contributed by atoms with Crippen molar-refractivity contribution in [2.45, 2.75) is 27.7 Å². The van der Waals surface area contributed by atoms with Gasteiger partial charge in [-0.1, -0.05) is 0 Å². The summed E-state index contributed by atoms with van der Waals surface area (Å²) >= 11 is 0. The van der Waals surface area contributed by atoms with Gasteiger partial charge in [-0.2, -0.15) is 10.1 Å². The minimum absolute atomic E-state index is 0.0421. The molecule has 0 bridgehead atoms. The first-order valence-corrected chi connectivity index (χ1v) is 8.13. The van der Waals surface area contributed by atoms with Gasteiger partial charge in [-0.15, -0.1) is 0 Å². The van der Waals surface area contributed by atoms with Crippen molar-refractivity contribution in [1.29, 1.82) is 0 Å². The van der Waals surface area contributed by atoms with E-state index in [0.717, 1.165) is 11.4 Å². The van der Waals surface area contributed by atoms with Crippen LogP contribution in [0.2, 0.25) is 0 Å². The van der Waals surface area contributed by atoms with Crippen LogP contribution in [0.15, 0.2) is 30.3 Å². The first kappa shape index (κ1) is 17.6. The van der Waals surface area contributed by atoms with Crippen molar-refractivity contribution in [3.63, 3.8) is 0 Å². The van der Waals surface area contributed by atoms with Crippen LogP contribution in [0, 0.1) is 20.8 Å². The Morgan fingerprint density at radius 1 is 1.04 bits per heavy atom. The molecule has 0 saturated carbocycles. The van der Waals surface area contributed by atoms with Crippen molar-refractivity contribution in [2.24, 2.45) is 0 Å². The molecule has 0 saturated heterocycles. The van der Waals surface area contributed by atoms with E-state index in [1.54, 1.807) is 35.9 Å². The first-order valence-electron chi connectivity index (χ1n) is 8.13. The van der Waals surface area contributed by atoms with Gasteiger partial charge in [-0.3, -0.25) is 4.79 Å². The van der Waals surface area contributed by atoms with Gasteiger partial charge >= 0.3 is 0 Å². The summed E-state index contributed by atoms with van der Waals surface area (Å²) in [6.45, 7) is 7.18. The monoisotopic (exact) mass is 352 g/mol. The average Bonchev–Trinajstić information content (AvgIpc) is 2.93. The lowest BCUT2D eigenvalue weighted by molar-refractivity contribution is 0.101. The summed E-state index contributed by atoms with van der Waals surface area (Å²) in [6.07, 6.45) is 0. The van der Waals surface area contributed by atoms with Crippen LogP contribution in [-0.2, 0) is 0 Å². The van der Waals surface area contributed by atoms with Crippen molar-refractivity contribution in [3.8, 4) is 23.2 Å². The second-order valence-corrected chi connectivity index (χ2v) is 5.97. The van der Waals surface area contributed by atoms with Crippen molar-refractivity contribution >= 4 is 5.78 Å². The molecule has 0 aliphatic carbocycles. The molecule has 26 heavy (non-hydrogen) atoms. The molecule has 7 nitrogen and oxygen atoms in total. The van der Waals surface area contributed by atoms with Crippen LogP contribution in [0.4, 0.5) is 0 Å². The summed E-state index contributed by atoms with van der Waals surface area (Å²) in [5.74, 6) is 2.44. The molecule has 7 heteroatoms. The number of hydrogen-bond donors (Lipinski definition) is 0. The number of ether oxygens (including phenoxy) is 2. The normalized spacial score (nSPS) is 10.7. The topological polar surface area (TPSA) is 79.1 Å². The van der Waals surface area contributed by atoms with Crippen molar-refractivity contribution in [2.75, 3.05) is 7.11 Å². The maximum Gasteiger partial charge on any atom is 0.224 e. The van der Waals surface area contributed by atoms with Gasteiger partial charge < -0.3 is 9.47 Å². The molecule has 0 radical (unpaired) electrons. The van der Waals surface area contributed by atoms with Crippen molar-refractivity contribution < 1.29 is 14.3 Å². The number of rotatable bonds is 5. The number of aromatic nitrogens is 4. The number of aryl methyl sites for hydroxylation is 3. The lowest BCUT2D eigenvalue weighted by atomic mass is 10.1. The highest BCUT2D eigenvalue weighted by molar-refractivity contribution is 5.94. The molecule has 134 valence electrons. The molecular formula is C19H20N4O3. The van der Waals surface area contributed by atoms with E-state index >= 15 is 0 Å². The van der Waals surface area contributed by atoms with Gasteiger partial charge in [0.25, 0.3) is 0 Å². The molecule has 0 atom stereocenters. The van der Waals surface area contributed by atoms with E-state index in [0.29, 0.717) is 34.6 Å². The summed E-state index contributed by atoms with van der Waals surface area (Å²) in [4.78, 5) is 20.3. The van der Waals surface area contributed by atoms with Crippen LogP contribution >= 0.6 is 0 Å². The van der Waals surface area contributed by atoms with E-state index in [1.807, 2.05) is 19.9 Å². The maximum absolute atomic E-state index is 11.5. The van der Waals surface area contributed by atoms with Gasteiger partial charge in [0, 0.05) is 17.3 Å². The summed E-state index contributed by atoms with van der Waals surface area (Å²) in [6, 6.07) is 8.71. The highest BCUT2D eigenvalue weighted by Gasteiger charge is 2.13. The zero-order valence-electron chi connectivity index (χ0n) is 15.4. The fourth-order valence-electron chi connectivity index (χ4n) is 2.63. The predicted molar refractivity (Wildman–Crippen MR) is 96.4 cm³/mol. The van der Waals surface area contributed by atoms with Crippen molar-refractivity contribution in [1.82, 2.24) is 19.7 Å². The Balaban J connectivity index is 1.98. The van der Waals surface area contributed by atoms with E-state index in [1.165, 1.54) is 14.0 Å². The zero-order valence-corrected chi connectivity index (χ0v) is 15.4. The van der Waals surface area contributed by atoms with Crippen LogP contribution in [0.5, 0.6) is 17.4 Å². The zero-order chi connectivity index (χ0) is 18.8. The largest absolute Gasteiger partial charge is 0.493 e. The van der Waals surface area contributed by atoms with Crippen LogP contribution in [0.3, 0.4) is 0 Å². The third-order valence-corrected chi connectivity index (χ3v) is 3.81. The van der Waals surface area contributed by atoms with E-state index in [4.69, 9.17) is 9.47 Å². The lowest BCUT2D eigenvalue weighted by Crippen LogP contribution is -2.05. The molecule has 0 fully saturated rings. The summed E-state index contributed by atoms with van der Waals surface area (Å²) < 4.78 is 13.0. The fourth-order valence-corrected chi connectivity index (χ4v) is 2.63. The first-order chi connectivity index (χ1) is 12.4. The summed E-state index contributed by atoms with van der Waals surface area (Å²) in [5.41, 5.74) is 2.43. The standard InChI is InChI=1S/C19H20N4O3/c1-11-8-12(2)23(22-11)18-10-19(21-14(4)20-18)26-16-7-6-15(13(3)24)9-17(16)25-5/h6-10H,1-5H3. The molecule has 3 rings (SSSR count). The smallest absolute Gasteiger partial charge is 0.224 e. The number of hydrogen-bond acceptors (Lipinski definition) is 6. The van der Waals surface area contributed by atoms with E-state index in [9.17, 15) is 4.79 Å². The number of nitrogens with zero attached hydrogens (tertiary/aromatic N) is 4. The van der Waals surface area contributed by atoms with Crippen LogP contribution in [0.25, 0.3) is 5.82 Å². The lowest BCUT2D eigenvalue weighted by Gasteiger charge is -2.12. The van der Waals surface area contributed by atoms with E-state index in [2.05, 4.69) is 15.1 Å². The number of Topliss-reactive ketones (excluding diaryl/α,β-unsaturated/α-hetero) is 1. The van der Waals surface area contributed by atoms with Crippen molar-refractivity contribution in [3.05, 3.63) is 53.1 Å². The average molecular weight is 352 g/mol. The molecule has 2 aromatic heterocycles. The molecule has 3 aromatic rings. The van der Waals surface area contributed by atoms with E-state index < -0.39 is 0 Å². The molecule has 2 heterocycles. The number of carbonyl (C=O) groups excluding carboxylic acids is 1. The van der Waals surface area contributed by atoms with Gasteiger partial charge in [-0.05, 0) is 52.0 Å². The Morgan fingerprint density at radius 3 is 2.42 bits per heavy atom. The second-order valence-electron chi connectivity index (χ2n) is 5.97. The second kappa shape index (κ2) is 6.95. The number of benzene rings is 1. The van der Waals surface area contributed by atoms with E-state index in [-0.39, 0.29) is 5.78 Å². The Labute approximate surface area is 151 Å². The van der Waals surface area contributed by atoms with Gasteiger partial charge in [0.2, 0.25) is 5.88 Å². The molecule has 1 aromatic carbocycles. The summed E-state index contributed by atoms with van der Waals surface area (Å²) in [5, 5.41) is 4.44. The quantitative estimate of drug-likeness (QED) is 0.653. The molecule has 0 amide bonds. The highest BCUT2D eigenvalue weighted by Crippen LogP contribution is 2.32. The van der Waals surface area contributed by atoms with Gasteiger partial charge in [-0.25, -0.2) is 9.67 Å². The fraction of sp³-hybridized carbons (Fsp3) is 0.263. The SMILES string of the molecule is COc1cc(C(C)=O)ccc1Oc1cc(-n2nc(C)cc2C)nc(C)n1. The minimum atomic E-state index is -0.0421. The molecule has 0 N–H and O–H groups in total. The Morgan fingerprint density at radius 2 is 1.81 bits per heavy atom. The Kier molecular flexibility index (Phi) is 4.71. The van der Waals surface area contributed by atoms with Crippen LogP contribution < -0.4 is 9.47 Å². The molecular weight excluding hydrogens is 332 g/mol. The molecule has 0 aliphatic heterocycles. The van der Waals surface area contributed by atoms with Gasteiger partial charge in [0.1, 0.15) is 5.82 Å². The van der Waals surface area contributed by atoms with Gasteiger partial charge in [0.15, 0.2) is 23.1 Å². The minimum Gasteiger partial charge on any atom is -0.493 e. The predicted octanol–water partition coefficient (Wildman–Crippen LogP) is 3.59. The highest BCUT2D eigenvalue weighted by atomic mass is 16.5. The molecule has 0 unspecified atom stereocenters. The third-order valence-electron chi connectivity index (χ3n) is 3.81. The Bertz CT molecular complexity index is 979. The van der Waals surface area contributed by atoms with Gasteiger partial charge in [0.05, 0.1) is 12.8 Å². The summed E-state index contributed by atoms with van der Waals surface area (Å²) in [7, 11) is 1.53.